The number of rotatable bonds is 5. The molecule has 6 atom stereocenters. The van der Waals surface area contributed by atoms with Gasteiger partial charge in [-0.25, -0.2) is 17.9 Å². The maximum Gasteiger partial charge on any atom is 0.253 e. The zero-order valence-corrected chi connectivity index (χ0v) is 18.1. The molecule has 0 amide bonds. The van der Waals surface area contributed by atoms with Crippen LogP contribution in [0, 0.1) is 17.5 Å². The Labute approximate surface area is 191 Å². The van der Waals surface area contributed by atoms with Crippen LogP contribution in [0.3, 0.4) is 0 Å². The maximum atomic E-state index is 13.6. The molecule has 1 aliphatic rings. The third-order valence-corrected chi connectivity index (χ3v) is 6.99. The third kappa shape index (κ3) is 4.52. The van der Waals surface area contributed by atoms with Crippen molar-refractivity contribution < 1.29 is 37.4 Å². The van der Waals surface area contributed by atoms with Gasteiger partial charge in [-0.2, -0.15) is 0 Å². The van der Waals surface area contributed by atoms with Crippen LogP contribution in [-0.4, -0.2) is 65.7 Å². The summed E-state index contributed by atoms with van der Waals surface area (Å²) in [5, 5.41) is 38.9. The Morgan fingerprint density at radius 1 is 1.12 bits per heavy atom. The van der Waals surface area contributed by atoms with Crippen molar-refractivity contribution in [3.8, 4) is 11.3 Å². The second kappa shape index (κ2) is 9.44. The number of hydrogen-bond donors (Lipinski definition) is 3. The molecule has 0 aliphatic carbocycles. The predicted octanol–water partition coefficient (Wildman–Crippen LogP) is 1.15. The molecular formula is C19H17ClF3N4O5S+. The smallest absolute Gasteiger partial charge is 0.253 e. The van der Waals surface area contributed by atoms with E-state index in [1.54, 1.807) is 0 Å². The number of pyridine rings is 1. The average molecular weight is 506 g/mol. The molecule has 0 saturated carbocycles. The molecule has 4 rings (SSSR count). The minimum absolute atomic E-state index is 0.0841. The fraction of sp³-hybridized carbons (Fsp3) is 0.316. The number of hydrogen-bond acceptors (Lipinski definition) is 8. The molecule has 0 radical (unpaired) electrons. The van der Waals surface area contributed by atoms with Crippen molar-refractivity contribution in [3.05, 3.63) is 59.3 Å². The monoisotopic (exact) mass is 505 g/mol. The first kappa shape index (κ1) is 23.7. The van der Waals surface area contributed by atoms with Gasteiger partial charge in [-0.05, 0) is 12.1 Å². The number of ether oxygens (including phenoxy) is 1. The first-order valence-electron chi connectivity index (χ1n) is 9.47. The Hall–Kier alpha value is -2.42. The van der Waals surface area contributed by atoms with E-state index in [2.05, 4.69) is 15.3 Å². The number of halogens is 4. The number of thiol groups is 1. The summed E-state index contributed by atoms with van der Waals surface area (Å²) in [6.07, 6.45) is -0.607. The lowest BCUT2D eigenvalue weighted by atomic mass is 9.97. The van der Waals surface area contributed by atoms with Gasteiger partial charge < -0.3 is 20.1 Å². The summed E-state index contributed by atoms with van der Waals surface area (Å²) in [6.45, 7) is -0.673. The molecule has 14 heteroatoms. The molecule has 9 nitrogen and oxygen atoms in total. The fourth-order valence-electron chi connectivity index (χ4n) is 3.51. The van der Waals surface area contributed by atoms with E-state index in [9.17, 15) is 32.7 Å². The topological polar surface area (TPSA) is 131 Å². The average Bonchev–Trinajstić information content (AvgIpc) is 3.27. The highest BCUT2D eigenvalue weighted by molar-refractivity contribution is 7.85. The Bertz CT molecular complexity index is 1180. The highest BCUT2D eigenvalue weighted by atomic mass is 35.5. The van der Waals surface area contributed by atoms with Crippen molar-refractivity contribution in [1.29, 1.82) is 0 Å². The maximum absolute atomic E-state index is 13.6. The molecule has 4 unspecified atom stereocenters. The number of aliphatic hydroxyl groups is 3. The highest BCUT2D eigenvalue weighted by Gasteiger charge is 2.51. The van der Waals surface area contributed by atoms with Crippen LogP contribution < -0.4 is 0 Å². The summed E-state index contributed by atoms with van der Waals surface area (Å²) in [5.41, 5.74) is -1.61. The van der Waals surface area contributed by atoms with E-state index in [0.717, 1.165) is 10.9 Å². The van der Waals surface area contributed by atoms with Gasteiger partial charge in [0.05, 0.1) is 24.0 Å². The second-order valence-corrected chi connectivity index (χ2v) is 9.36. The lowest BCUT2D eigenvalue weighted by Crippen LogP contribution is -2.57. The molecule has 2 aromatic heterocycles. The zero-order chi connectivity index (χ0) is 23.9. The van der Waals surface area contributed by atoms with E-state index in [1.165, 1.54) is 18.5 Å². The van der Waals surface area contributed by atoms with Crippen molar-refractivity contribution in [2.24, 2.45) is 0 Å². The van der Waals surface area contributed by atoms with Crippen molar-refractivity contribution >= 4 is 22.4 Å². The van der Waals surface area contributed by atoms with Gasteiger partial charge in [0, 0.05) is 17.8 Å². The van der Waals surface area contributed by atoms with Gasteiger partial charge in [-0.3, -0.25) is 4.98 Å². The summed E-state index contributed by atoms with van der Waals surface area (Å²) in [4.78, 5) is 4.02. The predicted molar refractivity (Wildman–Crippen MR) is 109 cm³/mol. The van der Waals surface area contributed by atoms with Gasteiger partial charge in [0.25, 0.3) is 5.44 Å². The Balaban J connectivity index is 1.68. The third-order valence-electron chi connectivity index (χ3n) is 5.14. The van der Waals surface area contributed by atoms with Crippen LogP contribution in [0.5, 0.6) is 0 Å². The summed E-state index contributed by atoms with van der Waals surface area (Å²) < 4.78 is 60.0. The van der Waals surface area contributed by atoms with Crippen LogP contribution in [0.2, 0.25) is 5.02 Å². The van der Waals surface area contributed by atoms with E-state index in [-0.39, 0.29) is 21.2 Å². The molecule has 3 N–H and O–H groups in total. The molecule has 176 valence electrons. The second-order valence-electron chi connectivity index (χ2n) is 7.24. The number of nitrogens with zero attached hydrogens (tertiary/aromatic N) is 4. The minimum atomic E-state index is -2.46. The van der Waals surface area contributed by atoms with Crippen molar-refractivity contribution in [2.75, 3.05) is 6.61 Å². The van der Waals surface area contributed by atoms with Crippen LogP contribution in [0.15, 0.2) is 41.7 Å². The Kier molecular flexibility index (Phi) is 6.79. The van der Waals surface area contributed by atoms with Crippen molar-refractivity contribution in [2.45, 2.75) is 34.7 Å². The minimum Gasteiger partial charge on any atom is -0.394 e. The van der Waals surface area contributed by atoms with Crippen LogP contribution >= 0.6 is 11.6 Å². The first-order chi connectivity index (χ1) is 15.7. The molecule has 1 aromatic carbocycles. The number of aromatic nitrogens is 4. The van der Waals surface area contributed by atoms with E-state index in [0.29, 0.717) is 12.1 Å². The SMILES string of the molecule is O=[SH+](c1cncc(Cl)c1)[C@H]1OC(CO)[C@H](O)C(n2cc(-c3cc(F)c(F)c(F)c3)nn2)C1O. The normalized spacial score (nSPS) is 26.3. The quantitative estimate of drug-likeness (QED) is 0.267. The lowest BCUT2D eigenvalue weighted by Gasteiger charge is -2.39. The Morgan fingerprint density at radius 3 is 2.45 bits per heavy atom. The first-order valence-corrected chi connectivity index (χ1v) is 11.2. The summed E-state index contributed by atoms with van der Waals surface area (Å²) >= 11 is 5.89. The van der Waals surface area contributed by atoms with E-state index >= 15 is 0 Å². The van der Waals surface area contributed by atoms with Gasteiger partial charge in [-0.15, -0.1) is 5.10 Å². The molecule has 1 saturated heterocycles. The molecule has 1 fully saturated rings. The summed E-state index contributed by atoms with van der Waals surface area (Å²) in [5.74, 6) is -4.51. The number of benzene rings is 1. The molecular weight excluding hydrogens is 489 g/mol. The van der Waals surface area contributed by atoms with Crippen molar-refractivity contribution in [3.63, 3.8) is 0 Å². The van der Waals surface area contributed by atoms with Crippen LogP contribution in [-0.2, 0) is 19.7 Å². The fourth-order valence-corrected chi connectivity index (χ4v) is 5.23. The summed E-state index contributed by atoms with van der Waals surface area (Å²) in [6, 6.07) is 1.50. The van der Waals surface area contributed by atoms with Gasteiger partial charge in [0.1, 0.15) is 34.7 Å². The standard InChI is InChI=1S/C19H16ClF3N4O5S/c20-9-3-10(5-24-4-9)33(31)19-18(30)16(17(29)14(7-28)32-19)27-6-13(25-26-27)8-1-11(21)15(23)12(22)2-8/h1-6,14,16-19,28-30H,7H2/p+1/t14?,16?,17-,18?,19+,33?/m0/s1. The highest BCUT2D eigenvalue weighted by Crippen LogP contribution is 2.34. The zero-order valence-electron chi connectivity index (χ0n) is 16.5. The van der Waals surface area contributed by atoms with Gasteiger partial charge in [-0.1, -0.05) is 21.0 Å². The van der Waals surface area contributed by atoms with E-state index < -0.39 is 64.6 Å². The molecule has 0 bridgehead atoms. The summed E-state index contributed by atoms with van der Waals surface area (Å²) in [7, 11) is -2.46. The van der Waals surface area contributed by atoms with E-state index in [1.807, 2.05) is 0 Å². The van der Waals surface area contributed by atoms with Gasteiger partial charge in [0.15, 0.2) is 28.5 Å². The van der Waals surface area contributed by atoms with Gasteiger partial charge in [0.2, 0.25) is 0 Å². The molecule has 3 heterocycles. The van der Waals surface area contributed by atoms with Crippen LogP contribution in [0.4, 0.5) is 13.2 Å². The van der Waals surface area contributed by atoms with Crippen LogP contribution in [0.1, 0.15) is 6.04 Å². The molecule has 1 aliphatic heterocycles. The van der Waals surface area contributed by atoms with Gasteiger partial charge >= 0.3 is 0 Å². The molecule has 3 aromatic rings. The van der Waals surface area contributed by atoms with Crippen molar-refractivity contribution in [1.82, 2.24) is 20.0 Å². The lowest BCUT2D eigenvalue weighted by molar-refractivity contribution is -0.180. The molecule has 33 heavy (non-hydrogen) atoms. The van der Waals surface area contributed by atoms with E-state index in [4.69, 9.17) is 16.3 Å². The van der Waals surface area contributed by atoms with Crippen LogP contribution in [0.25, 0.3) is 11.3 Å². The molecule has 0 spiro atoms. The largest absolute Gasteiger partial charge is 0.394 e. The Morgan fingerprint density at radius 2 is 1.82 bits per heavy atom. The number of aliphatic hydroxyl groups excluding tert-OH is 3.